The van der Waals surface area contributed by atoms with E-state index < -0.39 is 0 Å². The first kappa shape index (κ1) is 13.6. The average Bonchev–Trinajstić information content (AvgIpc) is 2.48. The Morgan fingerprint density at radius 2 is 2.05 bits per heavy atom. The number of likely N-dealkylation sites (tertiary alicyclic amines) is 1. The SMILES string of the molecule is CCNC(=O)C1CCCN(C(=O)c2ccccc2)C1. The van der Waals surface area contributed by atoms with Crippen LogP contribution >= 0.6 is 0 Å². The van der Waals surface area contributed by atoms with E-state index in [1.54, 1.807) is 4.90 Å². The molecule has 1 N–H and O–H groups in total. The molecule has 1 unspecified atom stereocenters. The molecule has 1 heterocycles. The van der Waals surface area contributed by atoms with Crippen LogP contribution in [-0.2, 0) is 4.79 Å². The van der Waals surface area contributed by atoms with Gasteiger partial charge in [-0.3, -0.25) is 9.59 Å². The van der Waals surface area contributed by atoms with E-state index in [-0.39, 0.29) is 17.7 Å². The fraction of sp³-hybridized carbons (Fsp3) is 0.467. The Morgan fingerprint density at radius 1 is 1.32 bits per heavy atom. The number of nitrogens with one attached hydrogen (secondary N) is 1. The second kappa shape index (κ2) is 6.36. The molecular formula is C15H20N2O2. The van der Waals surface area contributed by atoms with Gasteiger partial charge in [0.05, 0.1) is 5.92 Å². The smallest absolute Gasteiger partial charge is 0.253 e. The van der Waals surface area contributed by atoms with Gasteiger partial charge in [-0.25, -0.2) is 0 Å². The Hall–Kier alpha value is -1.84. The molecule has 0 bridgehead atoms. The van der Waals surface area contributed by atoms with Gasteiger partial charge in [0.2, 0.25) is 5.91 Å². The van der Waals surface area contributed by atoms with E-state index in [1.807, 2.05) is 37.3 Å². The highest BCUT2D eigenvalue weighted by Crippen LogP contribution is 2.18. The molecule has 1 fully saturated rings. The summed E-state index contributed by atoms with van der Waals surface area (Å²) < 4.78 is 0. The molecule has 2 rings (SSSR count). The summed E-state index contributed by atoms with van der Waals surface area (Å²) in [6.45, 7) is 3.82. The van der Waals surface area contributed by atoms with Crippen LogP contribution in [0.15, 0.2) is 30.3 Å². The van der Waals surface area contributed by atoms with Crippen molar-refractivity contribution in [2.45, 2.75) is 19.8 Å². The van der Waals surface area contributed by atoms with Crippen molar-refractivity contribution in [1.29, 1.82) is 0 Å². The number of hydrogen-bond donors (Lipinski definition) is 1. The van der Waals surface area contributed by atoms with Crippen molar-refractivity contribution >= 4 is 11.8 Å². The molecule has 0 radical (unpaired) electrons. The molecule has 19 heavy (non-hydrogen) atoms. The minimum atomic E-state index is -0.0682. The maximum Gasteiger partial charge on any atom is 0.253 e. The zero-order valence-electron chi connectivity index (χ0n) is 11.3. The minimum absolute atomic E-state index is 0.0228. The molecule has 2 amide bonds. The third-order valence-electron chi connectivity index (χ3n) is 3.45. The fourth-order valence-corrected chi connectivity index (χ4v) is 2.46. The second-order valence-electron chi connectivity index (χ2n) is 4.85. The number of amides is 2. The van der Waals surface area contributed by atoms with E-state index in [4.69, 9.17) is 0 Å². The molecule has 4 heteroatoms. The van der Waals surface area contributed by atoms with Crippen LogP contribution in [0.2, 0.25) is 0 Å². The lowest BCUT2D eigenvalue weighted by Gasteiger charge is -2.32. The first-order valence-electron chi connectivity index (χ1n) is 6.84. The number of piperidine rings is 1. The van der Waals surface area contributed by atoms with Crippen molar-refractivity contribution in [3.05, 3.63) is 35.9 Å². The fourth-order valence-electron chi connectivity index (χ4n) is 2.46. The number of carbonyl (C=O) groups is 2. The van der Waals surface area contributed by atoms with Crippen LogP contribution in [0.5, 0.6) is 0 Å². The lowest BCUT2D eigenvalue weighted by Crippen LogP contribution is -2.45. The van der Waals surface area contributed by atoms with E-state index >= 15 is 0 Å². The summed E-state index contributed by atoms with van der Waals surface area (Å²) in [6, 6.07) is 9.25. The minimum Gasteiger partial charge on any atom is -0.356 e. The van der Waals surface area contributed by atoms with Gasteiger partial charge in [-0.1, -0.05) is 18.2 Å². The lowest BCUT2D eigenvalue weighted by molar-refractivity contribution is -0.126. The van der Waals surface area contributed by atoms with E-state index in [0.29, 0.717) is 18.7 Å². The van der Waals surface area contributed by atoms with Gasteiger partial charge in [-0.05, 0) is 31.9 Å². The summed E-state index contributed by atoms with van der Waals surface area (Å²) in [5, 5.41) is 2.84. The summed E-state index contributed by atoms with van der Waals surface area (Å²) >= 11 is 0. The molecule has 0 spiro atoms. The molecule has 102 valence electrons. The molecule has 0 aliphatic carbocycles. The molecule has 1 aromatic carbocycles. The highest BCUT2D eigenvalue weighted by atomic mass is 16.2. The van der Waals surface area contributed by atoms with Crippen LogP contribution in [0.4, 0.5) is 0 Å². The van der Waals surface area contributed by atoms with Crippen LogP contribution in [0.25, 0.3) is 0 Å². The van der Waals surface area contributed by atoms with Crippen LogP contribution in [0, 0.1) is 5.92 Å². The number of carbonyl (C=O) groups excluding carboxylic acids is 2. The van der Waals surface area contributed by atoms with E-state index in [0.717, 1.165) is 19.4 Å². The molecule has 1 atom stereocenters. The topological polar surface area (TPSA) is 49.4 Å². The van der Waals surface area contributed by atoms with Gasteiger partial charge in [0.25, 0.3) is 5.91 Å². The zero-order valence-corrected chi connectivity index (χ0v) is 11.3. The van der Waals surface area contributed by atoms with Crippen LogP contribution < -0.4 is 5.32 Å². The van der Waals surface area contributed by atoms with Gasteiger partial charge in [0.1, 0.15) is 0 Å². The van der Waals surface area contributed by atoms with Crippen molar-refractivity contribution in [3.63, 3.8) is 0 Å². The molecule has 0 aromatic heterocycles. The molecule has 1 aliphatic rings. The largest absolute Gasteiger partial charge is 0.356 e. The average molecular weight is 260 g/mol. The highest BCUT2D eigenvalue weighted by Gasteiger charge is 2.28. The zero-order chi connectivity index (χ0) is 13.7. The number of rotatable bonds is 3. The maximum atomic E-state index is 12.3. The normalized spacial score (nSPS) is 19.0. The summed E-state index contributed by atoms with van der Waals surface area (Å²) in [7, 11) is 0. The summed E-state index contributed by atoms with van der Waals surface area (Å²) in [5.74, 6) is 0.0176. The van der Waals surface area contributed by atoms with Crippen molar-refractivity contribution in [2.24, 2.45) is 5.92 Å². The first-order chi connectivity index (χ1) is 9.22. The lowest BCUT2D eigenvalue weighted by atomic mass is 9.96. The van der Waals surface area contributed by atoms with Gasteiger partial charge in [-0.2, -0.15) is 0 Å². The van der Waals surface area contributed by atoms with Crippen molar-refractivity contribution < 1.29 is 9.59 Å². The van der Waals surface area contributed by atoms with Crippen molar-refractivity contribution in [2.75, 3.05) is 19.6 Å². The van der Waals surface area contributed by atoms with Crippen LogP contribution in [-0.4, -0.2) is 36.3 Å². The van der Waals surface area contributed by atoms with Gasteiger partial charge in [-0.15, -0.1) is 0 Å². The molecule has 1 aliphatic heterocycles. The van der Waals surface area contributed by atoms with E-state index in [9.17, 15) is 9.59 Å². The Morgan fingerprint density at radius 3 is 2.74 bits per heavy atom. The second-order valence-corrected chi connectivity index (χ2v) is 4.85. The van der Waals surface area contributed by atoms with Crippen LogP contribution in [0.3, 0.4) is 0 Å². The van der Waals surface area contributed by atoms with Crippen LogP contribution in [0.1, 0.15) is 30.1 Å². The molecule has 1 aromatic rings. The predicted molar refractivity (Wildman–Crippen MR) is 73.8 cm³/mol. The molecule has 1 saturated heterocycles. The Labute approximate surface area is 113 Å². The number of nitrogens with zero attached hydrogens (tertiary/aromatic N) is 1. The summed E-state index contributed by atoms with van der Waals surface area (Å²) in [4.78, 5) is 26.0. The number of hydrogen-bond acceptors (Lipinski definition) is 2. The summed E-state index contributed by atoms with van der Waals surface area (Å²) in [6.07, 6.45) is 1.75. The Balaban J connectivity index is 2.01. The van der Waals surface area contributed by atoms with E-state index in [1.165, 1.54) is 0 Å². The third kappa shape index (κ3) is 3.34. The third-order valence-corrected chi connectivity index (χ3v) is 3.45. The van der Waals surface area contributed by atoms with Gasteiger partial charge in [0, 0.05) is 25.2 Å². The summed E-state index contributed by atoms with van der Waals surface area (Å²) in [5.41, 5.74) is 0.694. The van der Waals surface area contributed by atoms with Gasteiger partial charge < -0.3 is 10.2 Å². The van der Waals surface area contributed by atoms with Gasteiger partial charge >= 0.3 is 0 Å². The molecular weight excluding hydrogens is 240 g/mol. The Kier molecular flexibility index (Phi) is 4.55. The van der Waals surface area contributed by atoms with Crippen molar-refractivity contribution in [1.82, 2.24) is 10.2 Å². The molecule has 4 nitrogen and oxygen atoms in total. The van der Waals surface area contributed by atoms with Crippen molar-refractivity contribution in [3.8, 4) is 0 Å². The predicted octanol–water partition coefficient (Wildman–Crippen LogP) is 1.67. The van der Waals surface area contributed by atoms with E-state index in [2.05, 4.69) is 5.32 Å². The first-order valence-corrected chi connectivity index (χ1v) is 6.84. The highest BCUT2D eigenvalue weighted by molar-refractivity contribution is 5.94. The Bertz CT molecular complexity index is 445. The van der Waals surface area contributed by atoms with Gasteiger partial charge in [0.15, 0.2) is 0 Å². The number of benzene rings is 1. The quantitative estimate of drug-likeness (QED) is 0.899. The maximum absolute atomic E-state index is 12.3. The standard InChI is InChI=1S/C15H20N2O2/c1-2-16-14(18)13-9-6-10-17(11-13)15(19)12-7-4-3-5-8-12/h3-5,7-8,13H,2,6,9-11H2,1H3,(H,16,18). The molecule has 0 saturated carbocycles. The monoisotopic (exact) mass is 260 g/mol.